The molecule has 0 spiro atoms. The summed E-state index contributed by atoms with van der Waals surface area (Å²) in [5, 5.41) is 0. The van der Waals surface area contributed by atoms with Crippen molar-refractivity contribution in [1.82, 2.24) is 0 Å². The van der Waals surface area contributed by atoms with E-state index in [1.807, 2.05) is 60.7 Å². The Morgan fingerprint density at radius 2 is 1.62 bits per heavy atom. The molecule has 168 valence electrons. The first-order valence-electron chi connectivity index (χ1n) is 10.6. The molecular formula is C26H29BrN2O3. The molecule has 0 fully saturated rings. The molecule has 6 heteroatoms. The van der Waals surface area contributed by atoms with Gasteiger partial charge in [0.1, 0.15) is 11.5 Å². The molecule has 0 atom stereocenters. The minimum atomic E-state index is -0.0849. The van der Waals surface area contributed by atoms with Gasteiger partial charge in [0.25, 0.3) is 5.91 Å². The molecule has 0 saturated carbocycles. The van der Waals surface area contributed by atoms with Crippen molar-refractivity contribution < 1.29 is 14.3 Å². The second kappa shape index (κ2) is 11.7. The third-order valence-corrected chi connectivity index (χ3v) is 5.84. The highest BCUT2D eigenvalue weighted by Gasteiger charge is 2.24. The maximum absolute atomic E-state index is 13.8. The Bertz CT molecular complexity index is 1040. The predicted molar refractivity (Wildman–Crippen MR) is 133 cm³/mol. The first-order chi connectivity index (χ1) is 15.6. The quantitative estimate of drug-likeness (QED) is 0.416. The van der Waals surface area contributed by atoms with Gasteiger partial charge >= 0.3 is 0 Å². The van der Waals surface area contributed by atoms with E-state index in [9.17, 15) is 4.79 Å². The maximum Gasteiger partial charge on any atom is 0.262 e. The average molecular weight is 497 g/mol. The summed E-state index contributed by atoms with van der Waals surface area (Å²) in [6.45, 7) is 1.05. The maximum atomic E-state index is 13.8. The van der Waals surface area contributed by atoms with Crippen LogP contribution in [0.2, 0.25) is 0 Å². The van der Waals surface area contributed by atoms with Crippen LogP contribution >= 0.6 is 15.9 Å². The van der Waals surface area contributed by atoms with Gasteiger partial charge in [0.05, 0.1) is 19.8 Å². The number of methoxy groups -OCH3 is 2. The SMILES string of the molecule is COc1ccc(Br)cc1CCc1cccc(OC)c1C(=O)N(CCCN)c1ccccc1. The molecule has 0 aromatic heterocycles. The molecule has 0 radical (unpaired) electrons. The summed E-state index contributed by atoms with van der Waals surface area (Å²) < 4.78 is 12.1. The van der Waals surface area contributed by atoms with E-state index in [1.54, 1.807) is 19.1 Å². The number of hydrogen-bond acceptors (Lipinski definition) is 4. The zero-order chi connectivity index (χ0) is 22.9. The molecule has 0 aliphatic heterocycles. The summed E-state index contributed by atoms with van der Waals surface area (Å²) in [7, 11) is 3.27. The van der Waals surface area contributed by atoms with E-state index < -0.39 is 0 Å². The van der Waals surface area contributed by atoms with Gasteiger partial charge < -0.3 is 20.1 Å². The van der Waals surface area contributed by atoms with Crippen LogP contribution in [0.3, 0.4) is 0 Å². The molecule has 0 heterocycles. The van der Waals surface area contributed by atoms with E-state index in [-0.39, 0.29) is 5.91 Å². The topological polar surface area (TPSA) is 64.8 Å². The number of benzene rings is 3. The Balaban J connectivity index is 1.96. The molecule has 0 bridgehead atoms. The molecule has 0 saturated heterocycles. The molecule has 0 aliphatic rings. The molecule has 32 heavy (non-hydrogen) atoms. The minimum Gasteiger partial charge on any atom is -0.496 e. The van der Waals surface area contributed by atoms with Crippen molar-refractivity contribution in [3.05, 3.63) is 87.9 Å². The lowest BCUT2D eigenvalue weighted by Crippen LogP contribution is -2.34. The number of aryl methyl sites for hydroxylation is 2. The molecule has 5 nitrogen and oxygen atoms in total. The van der Waals surface area contributed by atoms with Crippen molar-refractivity contribution in [1.29, 1.82) is 0 Å². The third-order valence-electron chi connectivity index (χ3n) is 5.35. The highest BCUT2D eigenvalue weighted by Crippen LogP contribution is 2.29. The van der Waals surface area contributed by atoms with E-state index in [1.165, 1.54) is 0 Å². The molecule has 1 amide bonds. The van der Waals surface area contributed by atoms with Gasteiger partial charge in [-0.1, -0.05) is 46.3 Å². The van der Waals surface area contributed by atoms with Crippen LogP contribution in [0.4, 0.5) is 5.69 Å². The van der Waals surface area contributed by atoms with Gasteiger partial charge in [0, 0.05) is 16.7 Å². The Morgan fingerprint density at radius 1 is 0.906 bits per heavy atom. The van der Waals surface area contributed by atoms with Crippen LogP contribution in [0, 0.1) is 0 Å². The second-order valence-corrected chi connectivity index (χ2v) is 8.30. The molecule has 3 aromatic carbocycles. The molecule has 0 aliphatic carbocycles. The summed E-state index contributed by atoms with van der Waals surface area (Å²) in [5.74, 6) is 1.32. The van der Waals surface area contributed by atoms with E-state index >= 15 is 0 Å². The normalized spacial score (nSPS) is 10.6. The number of amides is 1. The van der Waals surface area contributed by atoms with Crippen molar-refractivity contribution in [3.63, 3.8) is 0 Å². The van der Waals surface area contributed by atoms with Crippen LogP contribution in [0.25, 0.3) is 0 Å². The van der Waals surface area contributed by atoms with Crippen molar-refractivity contribution >= 4 is 27.5 Å². The molecular weight excluding hydrogens is 468 g/mol. The highest BCUT2D eigenvalue weighted by atomic mass is 79.9. The number of carbonyl (C=O) groups is 1. The lowest BCUT2D eigenvalue weighted by molar-refractivity contribution is 0.0983. The van der Waals surface area contributed by atoms with Crippen LogP contribution < -0.4 is 20.1 Å². The number of para-hydroxylation sites is 1. The Labute approximate surface area is 198 Å². The first kappa shape index (κ1) is 23.8. The molecule has 2 N–H and O–H groups in total. The number of hydrogen-bond donors (Lipinski definition) is 1. The van der Waals surface area contributed by atoms with Crippen LogP contribution in [-0.2, 0) is 12.8 Å². The Morgan fingerprint density at radius 3 is 2.31 bits per heavy atom. The number of nitrogens with two attached hydrogens (primary N) is 1. The number of halogens is 1. The fourth-order valence-corrected chi connectivity index (χ4v) is 4.16. The fraction of sp³-hybridized carbons (Fsp3) is 0.269. The van der Waals surface area contributed by atoms with E-state index in [4.69, 9.17) is 15.2 Å². The number of nitrogens with zero attached hydrogens (tertiary/aromatic N) is 1. The standard InChI is InChI=1S/C26H29BrN2O3/c1-31-23-15-14-21(27)18-20(23)13-12-19-8-6-11-24(32-2)25(19)26(30)29(17-7-16-28)22-9-4-3-5-10-22/h3-6,8-11,14-15,18H,7,12-13,16-17,28H2,1-2H3. The summed E-state index contributed by atoms with van der Waals surface area (Å²) in [4.78, 5) is 15.6. The van der Waals surface area contributed by atoms with Crippen molar-refractivity contribution in [2.24, 2.45) is 5.73 Å². The Hall–Kier alpha value is -2.83. The predicted octanol–water partition coefficient (Wildman–Crippen LogP) is 5.25. The third kappa shape index (κ3) is 5.69. The highest BCUT2D eigenvalue weighted by molar-refractivity contribution is 9.10. The summed E-state index contributed by atoms with van der Waals surface area (Å²) in [5.41, 5.74) is 9.20. The molecule has 3 aromatic rings. The van der Waals surface area contributed by atoms with Gasteiger partial charge in [-0.2, -0.15) is 0 Å². The average Bonchev–Trinajstić information content (AvgIpc) is 2.83. The number of ether oxygens (including phenoxy) is 2. The van der Waals surface area contributed by atoms with Gasteiger partial charge in [-0.25, -0.2) is 0 Å². The zero-order valence-corrected chi connectivity index (χ0v) is 20.1. The van der Waals surface area contributed by atoms with Crippen LogP contribution in [0.15, 0.2) is 71.2 Å². The van der Waals surface area contributed by atoms with Gasteiger partial charge in [-0.3, -0.25) is 4.79 Å². The zero-order valence-electron chi connectivity index (χ0n) is 18.5. The van der Waals surface area contributed by atoms with Gasteiger partial charge in [0.15, 0.2) is 0 Å². The van der Waals surface area contributed by atoms with Crippen molar-refractivity contribution in [2.45, 2.75) is 19.3 Å². The summed E-state index contributed by atoms with van der Waals surface area (Å²) >= 11 is 3.53. The van der Waals surface area contributed by atoms with Crippen LogP contribution in [0.5, 0.6) is 11.5 Å². The smallest absolute Gasteiger partial charge is 0.262 e. The minimum absolute atomic E-state index is 0.0849. The number of rotatable bonds is 10. The molecule has 3 rings (SSSR count). The van der Waals surface area contributed by atoms with Gasteiger partial charge in [-0.05, 0) is 73.3 Å². The van der Waals surface area contributed by atoms with Crippen LogP contribution in [0.1, 0.15) is 27.9 Å². The number of carbonyl (C=O) groups excluding carboxylic acids is 1. The van der Waals surface area contributed by atoms with Crippen molar-refractivity contribution in [2.75, 3.05) is 32.2 Å². The van der Waals surface area contributed by atoms with Crippen LogP contribution in [-0.4, -0.2) is 33.2 Å². The lowest BCUT2D eigenvalue weighted by atomic mass is 9.97. The summed E-state index contributed by atoms with van der Waals surface area (Å²) in [6.07, 6.45) is 2.11. The van der Waals surface area contributed by atoms with E-state index in [2.05, 4.69) is 22.0 Å². The first-order valence-corrected chi connectivity index (χ1v) is 11.4. The fourth-order valence-electron chi connectivity index (χ4n) is 3.75. The van der Waals surface area contributed by atoms with E-state index in [0.717, 1.165) is 33.5 Å². The largest absolute Gasteiger partial charge is 0.496 e. The van der Waals surface area contributed by atoms with E-state index in [0.29, 0.717) is 37.2 Å². The monoisotopic (exact) mass is 496 g/mol. The Kier molecular flexibility index (Phi) is 8.71. The van der Waals surface area contributed by atoms with Gasteiger partial charge in [-0.15, -0.1) is 0 Å². The van der Waals surface area contributed by atoms with Crippen molar-refractivity contribution in [3.8, 4) is 11.5 Å². The number of anilines is 1. The second-order valence-electron chi connectivity index (χ2n) is 7.39. The molecule has 0 unspecified atom stereocenters. The summed E-state index contributed by atoms with van der Waals surface area (Å²) in [6, 6.07) is 21.4. The lowest BCUT2D eigenvalue weighted by Gasteiger charge is -2.25. The van der Waals surface area contributed by atoms with Gasteiger partial charge in [0.2, 0.25) is 0 Å².